The molecule has 0 aromatic heterocycles. The Balaban J connectivity index is 2.28. The molecule has 1 aromatic rings. The molecule has 0 aliphatic heterocycles. The lowest BCUT2D eigenvalue weighted by Gasteiger charge is -2.21. The van der Waals surface area contributed by atoms with Gasteiger partial charge in [0, 0.05) is 6.04 Å². The monoisotopic (exact) mass is 205 g/mol. The summed E-state index contributed by atoms with van der Waals surface area (Å²) in [5, 5.41) is 0. The zero-order valence-corrected chi connectivity index (χ0v) is 9.71. The topological polar surface area (TPSA) is 35.2 Å². The Morgan fingerprint density at radius 3 is 2.53 bits per heavy atom. The van der Waals surface area contributed by atoms with Crippen LogP contribution in [0.2, 0.25) is 0 Å². The van der Waals surface area contributed by atoms with E-state index in [0.717, 1.165) is 5.75 Å². The van der Waals surface area contributed by atoms with Gasteiger partial charge in [-0.1, -0.05) is 13.0 Å². The normalized spacial score (nSPS) is 19.7. The van der Waals surface area contributed by atoms with Gasteiger partial charge in [-0.05, 0) is 48.4 Å². The van der Waals surface area contributed by atoms with Crippen LogP contribution in [0.1, 0.15) is 36.9 Å². The standard InChI is InChI=1S/C13H19NO/c1-9-8-10(15-3)4-5-11(9)12(14)13(2)6-7-13/h4-5,8,12H,6-7,14H2,1-3H3. The quantitative estimate of drug-likeness (QED) is 0.823. The molecular formula is C13H19NO. The number of hydrogen-bond acceptors (Lipinski definition) is 2. The van der Waals surface area contributed by atoms with E-state index >= 15 is 0 Å². The van der Waals surface area contributed by atoms with E-state index in [4.69, 9.17) is 10.5 Å². The highest BCUT2D eigenvalue weighted by Gasteiger charge is 2.43. The van der Waals surface area contributed by atoms with Gasteiger partial charge < -0.3 is 10.5 Å². The minimum absolute atomic E-state index is 0.170. The summed E-state index contributed by atoms with van der Waals surface area (Å²) < 4.78 is 5.19. The SMILES string of the molecule is COc1ccc(C(N)C2(C)CC2)c(C)c1. The van der Waals surface area contributed by atoms with Crippen molar-refractivity contribution in [2.45, 2.75) is 32.7 Å². The van der Waals surface area contributed by atoms with Crippen LogP contribution in [0.5, 0.6) is 5.75 Å². The Hall–Kier alpha value is -1.02. The third-order valence-electron chi connectivity index (χ3n) is 3.60. The molecule has 0 spiro atoms. The lowest BCUT2D eigenvalue weighted by Crippen LogP contribution is -2.21. The Morgan fingerprint density at radius 2 is 2.07 bits per heavy atom. The van der Waals surface area contributed by atoms with Gasteiger partial charge in [0.25, 0.3) is 0 Å². The Labute approximate surface area is 91.4 Å². The number of ether oxygens (including phenoxy) is 1. The maximum Gasteiger partial charge on any atom is 0.119 e. The highest BCUT2D eigenvalue weighted by molar-refractivity contribution is 5.38. The van der Waals surface area contributed by atoms with Crippen LogP contribution in [-0.4, -0.2) is 7.11 Å². The van der Waals surface area contributed by atoms with Crippen molar-refractivity contribution in [1.29, 1.82) is 0 Å². The fourth-order valence-electron chi connectivity index (χ4n) is 2.01. The second-order valence-electron chi connectivity index (χ2n) is 4.85. The van der Waals surface area contributed by atoms with Crippen LogP contribution in [0.15, 0.2) is 18.2 Å². The minimum atomic E-state index is 0.170. The average molecular weight is 205 g/mol. The molecule has 1 saturated carbocycles. The van der Waals surface area contributed by atoms with Crippen molar-refractivity contribution in [2.75, 3.05) is 7.11 Å². The molecule has 1 atom stereocenters. The first kappa shape index (κ1) is 10.5. The second-order valence-corrected chi connectivity index (χ2v) is 4.85. The summed E-state index contributed by atoms with van der Waals surface area (Å²) in [6.45, 7) is 4.37. The van der Waals surface area contributed by atoms with Crippen molar-refractivity contribution in [1.82, 2.24) is 0 Å². The van der Waals surface area contributed by atoms with Gasteiger partial charge in [0.2, 0.25) is 0 Å². The highest BCUT2D eigenvalue weighted by Crippen LogP contribution is 2.53. The molecule has 0 heterocycles. The van der Waals surface area contributed by atoms with Gasteiger partial charge in [0.15, 0.2) is 0 Å². The summed E-state index contributed by atoms with van der Waals surface area (Å²) in [5.74, 6) is 0.907. The van der Waals surface area contributed by atoms with Gasteiger partial charge in [-0.2, -0.15) is 0 Å². The summed E-state index contributed by atoms with van der Waals surface area (Å²) >= 11 is 0. The predicted octanol–water partition coefficient (Wildman–Crippen LogP) is 2.80. The number of hydrogen-bond donors (Lipinski definition) is 1. The molecule has 2 nitrogen and oxygen atoms in total. The number of nitrogens with two attached hydrogens (primary N) is 1. The maximum absolute atomic E-state index is 6.29. The second kappa shape index (κ2) is 3.53. The molecule has 0 amide bonds. The third-order valence-corrected chi connectivity index (χ3v) is 3.60. The molecule has 15 heavy (non-hydrogen) atoms. The third kappa shape index (κ3) is 1.86. The van der Waals surface area contributed by atoms with Gasteiger partial charge in [-0.15, -0.1) is 0 Å². The van der Waals surface area contributed by atoms with E-state index in [2.05, 4.69) is 26.0 Å². The molecule has 1 fully saturated rings. The summed E-state index contributed by atoms with van der Waals surface area (Å²) in [4.78, 5) is 0. The zero-order valence-electron chi connectivity index (χ0n) is 9.71. The molecule has 2 rings (SSSR count). The Bertz CT molecular complexity index is 369. The Morgan fingerprint density at radius 1 is 1.40 bits per heavy atom. The van der Waals surface area contributed by atoms with E-state index in [0.29, 0.717) is 5.41 Å². The van der Waals surface area contributed by atoms with Gasteiger partial charge in [0.05, 0.1) is 7.11 Å². The van der Waals surface area contributed by atoms with E-state index in [-0.39, 0.29) is 6.04 Å². The fraction of sp³-hybridized carbons (Fsp3) is 0.538. The van der Waals surface area contributed by atoms with E-state index in [1.807, 2.05) is 6.07 Å². The summed E-state index contributed by atoms with van der Waals surface area (Å²) in [6.07, 6.45) is 2.50. The first-order valence-corrected chi connectivity index (χ1v) is 5.47. The van der Waals surface area contributed by atoms with Crippen LogP contribution in [0.3, 0.4) is 0 Å². The van der Waals surface area contributed by atoms with Crippen molar-refractivity contribution in [3.8, 4) is 5.75 Å². The summed E-state index contributed by atoms with van der Waals surface area (Å²) in [7, 11) is 1.69. The number of rotatable bonds is 3. The van der Waals surface area contributed by atoms with Crippen molar-refractivity contribution in [3.63, 3.8) is 0 Å². The average Bonchev–Trinajstić information content (AvgIpc) is 2.96. The molecule has 0 bridgehead atoms. The van der Waals surface area contributed by atoms with Crippen LogP contribution < -0.4 is 10.5 Å². The zero-order chi connectivity index (χ0) is 11.1. The molecule has 1 unspecified atom stereocenters. The van der Waals surface area contributed by atoms with E-state index in [1.165, 1.54) is 24.0 Å². The minimum Gasteiger partial charge on any atom is -0.497 e. The molecule has 1 aliphatic carbocycles. The molecule has 82 valence electrons. The van der Waals surface area contributed by atoms with Crippen LogP contribution in [0, 0.1) is 12.3 Å². The van der Waals surface area contributed by atoms with Crippen molar-refractivity contribution in [2.24, 2.45) is 11.1 Å². The first-order valence-electron chi connectivity index (χ1n) is 5.47. The molecular weight excluding hydrogens is 186 g/mol. The molecule has 2 N–H and O–H groups in total. The summed E-state index contributed by atoms with van der Waals surface area (Å²) in [6, 6.07) is 6.32. The predicted molar refractivity (Wildman–Crippen MR) is 62.0 cm³/mol. The number of methoxy groups -OCH3 is 1. The van der Waals surface area contributed by atoms with Crippen molar-refractivity contribution < 1.29 is 4.74 Å². The summed E-state index contributed by atoms with van der Waals surface area (Å²) in [5.41, 5.74) is 9.11. The molecule has 0 radical (unpaired) electrons. The maximum atomic E-state index is 6.29. The lowest BCUT2D eigenvalue weighted by molar-refractivity contribution is 0.412. The van der Waals surface area contributed by atoms with Gasteiger partial charge >= 0.3 is 0 Å². The largest absolute Gasteiger partial charge is 0.497 e. The van der Waals surface area contributed by atoms with E-state index in [1.54, 1.807) is 7.11 Å². The van der Waals surface area contributed by atoms with E-state index in [9.17, 15) is 0 Å². The van der Waals surface area contributed by atoms with Crippen molar-refractivity contribution >= 4 is 0 Å². The first-order chi connectivity index (χ1) is 7.07. The smallest absolute Gasteiger partial charge is 0.119 e. The number of benzene rings is 1. The lowest BCUT2D eigenvalue weighted by atomic mass is 9.90. The van der Waals surface area contributed by atoms with E-state index < -0.39 is 0 Å². The van der Waals surface area contributed by atoms with Crippen LogP contribution in [0.25, 0.3) is 0 Å². The van der Waals surface area contributed by atoms with Gasteiger partial charge in [-0.3, -0.25) is 0 Å². The number of aryl methyl sites for hydroxylation is 1. The van der Waals surface area contributed by atoms with Gasteiger partial charge in [-0.25, -0.2) is 0 Å². The molecule has 1 aromatic carbocycles. The van der Waals surface area contributed by atoms with Crippen LogP contribution >= 0.6 is 0 Å². The van der Waals surface area contributed by atoms with Crippen molar-refractivity contribution in [3.05, 3.63) is 29.3 Å². The van der Waals surface area contributed by atoms with Crippen LogP contribution in [0.4, 0.5) is 0 Å². The Kier molecular flexibility index (Phi) is 2.47. The molecule has 1 aliphatic rings. The molecule has 2 heteroatoms. The molecule has 0 saturated heterocycles. The fourth-order valence-corrected chi connectivity index (χ4v) is 2.01. The van der Waals surface area contributed by atoms with Crippen LogP contribution in [-0.2, 0) is 0 Å². The highest BCUT2D eigenvalue weighted by atomic mass is 16.5. The van der Waals surface area contributed by atoms with Gasteiger partial charge in [0.1, 0.15) is 5.75 Å².